The molecule has 2 aromatic carbocycles. The van der Waals surface area contributed by atoms with Crippen molar-refractivity contribution in [2.45, 2.75) is 45.3 Å². The number of hydrogen-bond acceptors (Lipinski definition) is 3. The van der Waals surface area contributed by atoms with E-state index in [0.29, 0.717) is 27.2 Å². The molecule has 8 heteroatoms. The van der Waals surface area contributed by atoms with Crippen molar-refractivity contribution in [3.8, 4) is 0 Å². The average Bonchev–Trinajstić information content (AvgIpc) is 2.95. The van der Waals surface area contributed by atoms with Crippen LogP contribution in [0, 0.1) is 5.41 Å². The zero-order valence-electron chi connectivity index (χ0n) is 18.0. The normalized spacial score (nSPS) is 23.2. The maximum atomic E-state index is 13.5. The molecule has 2 fully saturated rings. The van der Waals surface area contributed by atoms with Gasteiger partial charge >= 0.3 is 6.18 Å². The second kappa shape index (κ2) is 8.76. The topological polar surface area (TPSA) is 18.8 Å². The van der Waals surface area contributed by atoms with E-state index in [2.05, 4.69) is 18.7 Å². The van der Waals surface area contributed by atoms with Crippen molar-refractivity contribution < 1.29 is 13.2 Å². The largest absolute Gasteiger partial charge is 0.416 e. The monoisotopic (exact) mass is 479 g/mol. The number of rotatable bonds is 3. The fourth-order valence-electron chi connectivity index (χ4n) is 4.58. The van der Waals surface area contributed by atoms with Gasteiger partial charge in [0.15, 0.2) is 0 Å². The summed E-state index contributed by atoms with van der Waals surface area (Å²) in [6.07, 6.45) is -1.10. The Morgan fingerprint density at radius 3 is 2.31 bits per heavy atom. The molecule has 0 bridgehead atoms. The fourth-order valence-corrected chi connectivity index (χ4v) is 5.02. The molecule has 3 nitrogen and oxygen atoms in total. The van der Waals surface area contributed by atoms with Crippen LogP contribution in [0.3, 0.4) is 0 Å². The molecule has 2 aliphatic rings. The number of amidine groups is 1. The number of halogens is 4. The third-order valence-corrected chi connectivity index (χ3v) is 7.13. The average molecular weight is 480 g/mol. The van der Waals surface area contributed by atoms with Gasteiger partial charge in [0.1, 0.15) is 5.84 Å². The number of thiocarbonyl (C=S) groups is 1. The van der Waals surface area contributed by atoms with Crippen LogP contribution in [0.25, 0.3) is 0 Å². The van der Waals surface area contributed by atoms with Gasteiger partial charge in [-0.25, -0.2) is 4.99 Å². The van der Waals surface area contributed by atoms with Crippen LogP contribution in [-0.4, -0.2) is 34.9 Å². The smallest absolute Gasteiger partial charge is 0.293 e. The van der Waals surface area contributed by atoms with Gasteiger partial charge < -0.3 is 0 Å². The van der Waals surface area contributed by atoms with E-state index in [9.17, 15) is 13.2 Å². The molecule has 0 spiro atoms. The van der Waals surface area contributed by atoms with Crippen LogP contribution in [0.4, 0.5) is 24.5 Å². The molecular weight excluding hydrogens is 455 g/mol. The van der Waals surface area contributed by atoms with E-state index in [1.807, 2.05) is 0 Å². The van der Waals surface area contributed by atoms with Crippen molar-refractivity contribution in [2.75, 3.05) is 18.0 Å². The molecule has 2 aliphatic heterocycles. The minimum atomic E-state index is -4.44. The Bertz CT molecular complexity index is 1030. The summed E-state index contributed by atoms with van der Waals surface area (Å²) in [6.45, 7) is 5.93. The van der Waals surface area contributed by atoms with E-state index >= 15 is 0 Å². The van der Waals surface area contributed by atoms with Gasteiger partial charge in [-0.2, -0.15) is 13.2 Å². The summed E-state index contributed by atoms with van der Waals surface area (Å²) in [5, 5.41) is 0.596. The SMILES string of the molecule is CC1(C)C(=S)N(c2cccc(C(F)(F)F)c2)C(=Nc2ccc(Cl)cc2)[C@H]1N1CCCCC1. The number of piperidine rings is 1. The van der Waals surface area contributed by atoms with Crippen molar-refractivity contribution in [1.82, 2.24) is 4.90 Å². The first-order chi connectivity index (χ1) is 15.1. The van der Waals surface area contributed by atoms with Crippen LogP contribution in [0.5, 0.6) is 0 Å². The number of benzene rings is 2. The highest BCUT2D eigenvalue weighted by atomic mass is 35.5. The van der Waals surface area contributed by atoms with Crippen molar-refractivity contribution >= 4 is 46.0 Å². The Labute approximate surface area is 196 Å². The van der Waals surface area contributed by atoms with Crippen LogP contribution < -0.4 is 4.90 Å². The maximum Gasteiger partial charge on any atom is 0.416 e. The lowest BCUT2D eigenvalue weighted by Crippen LogP contribution is -2.49. The Kier molecular flexibility index (Phi) is 6.36. The third-order valence-electron chi connectivity index (χ3n) is 6.17. The molecule has 4 rings (SSSR count). The maximum absolute atomic E-state index is 13.5. The molecule has 0 radical (unpaired) electrons. The van der Waals surface area contributed by atoms with E-state index < -0.39 is 17.2 Å². The summed E-state index contributed by atoms with van der Waals surface area (Å²) in [5.74, 6) is 0.656. The van der Waals surface area contributed by atoms with Crippen molar-refractivity contribution in [1.29, 1.82) is 0 Å². The molecule has 0 aliphatic carbocycles. The Hall–Kier alpha value is -1.96. The first kappa shape index (κ1) is 23.2. The van der Waals surface area contributed by atoms with Crippen molar-refractivity contribution in [3.63, 3.8) is 0 Å². The molecule has 0 N–H and O–H groups in total. The first-order valence-corrected chi connectivity index (χ1v) is 11.5. The highest BCUT2D eigenvalue weighted by Gasteiger charge is 2.52. The Morgan fingerprint density at radius 2 is 1.69 bits per heavy atom. The summed E-state index contributed by atoms with van der Waals surface area (Å²) in [4.78, 5) is 9.60. The van der Waals surface area contributed by atoms with Crippen molar-refractivity contribution in [3.05, 3.63) is 59.1 Å². The van der Waals surface area contributed by atoms with Gasteiger partial charge in [-0.3, -0.25) is 9.80 Å². The van der Waals surface area contributed by atoms with E-state index in [0.717, 1.165) is 38.1 Å². The van der Waals surface area contributed by atoms with Crippen LogP contribution in [0.2, 0.25) is 5.02 Å². The van der Waals surface area contributed by atoms with Gasteiger partial charge in [-0.05, 0) is 68.4 Å². The summed E-state index contributed by atoms with van der Waals surface area (Å²) >= 11 is 11.9. The molecule has 1 atom stereocenters. The number of alkyl halides is 3. The molecule has 0 amide bonds. The van der Waals surface area contributed by atoms with Gasteiger partial charge in [-0.15, -0.1) is 0 Å². The summed E-state index contributed by atoms with van der Waals surface area (Å²) in [6, 6.07) is 12.3. The second-order valence-electron chi connectivity index (χ2n) is 8.86. The van der Waals surface area contributed by atoms with Gasteiger partial charge in [0.05, 0.1) is 22.3 Å². The van der Waals surface area contributed by atoms with E-state index in [4.69, 9.17) is 28.8 Å². The molecule has 0 unspecified atom stereocenters. The van der Waals surface area contributed by atoms with Crippen LogP contribution >= 0.6 is 23.8 Å². The van der Waals surface area contributed by atoms with Crippen molar-refractivity contribution in [2.24, 2.45) is 10.4 Å². The predicted octanol–water partition coefficient (Wildman–Crippen LogP) is 7.12. The molecule has 2 heterocycles. The lowest BCUT2D eigenvalue weighted by atomic mass is 9.85. The fraction of sp³-hybridized carbons (Fsp3) is 0.417. The van der Waals surface area contributed by atoms with E-state index in [-0.39, 0.29) is 6.04 Å². The molecule has 2 saturated heterocycles. The predicted molar refractivity (Wildman–Crippen MR) is 128 cm³/mol. The number of likely N-dealkylation sites (tertiary alicyclic amines) is 1. The minimum absolute atomic E-state index is 0.138. The van der Waals surface area contributed by atoms with Crippen LogP contribution in [0.1, 0.15) is 38.7 Å². The van der Waals surface area contributed by atoms with Gasteiger partial charge in [0.25, 0.3) is 0 Å². The zero-order valence-corrected chi connectivity index (χ0v) is 19.6. The third kappa shape index (κ3) is 4.43. The number of nitrogens with zero attached hydrogens (tertiary/aromatic N) is 3. The van der Waals surface area contributed by atoms with Gasteiger partial charge in [-0.1, -0.05) is 50.2 Å². The quantitative estimate of drug-likeness (QED) is 0.437. The highest BCUT2D eigenvalue weighted by Crippen LogP contribution is 2.43. The molecule has 0 aromatic heterocycles. The molecular formula is C24H25ClF3N3S. The summed E-state index contributed by atoms with van der Waals surface area (Å²) in [5.41, 5.74) is -0.122. The van der Waals surface area contributed by atoms with Gasteiger partial charge in [0.2, 0.25) is 0 Å². The van der Waals surface area contributed by atoms with E-state index in [1.54, 1.807) is 35.2 Å². The van der Waals surface area contributed by atoms with E-state index in [1.165, 1.54) is 12.5 Å². The van der Waals surface area contributed by atoms with Crippen LogP contribution in [-0.2, 0) is 6.18 Å². The number of hydrogen-bond donors (Lipinski definition) is 0. The Morgan fingerprint density at radius 1 is 1.03 bits per heavy atom. The van der Waals surface area contributed by atoms with Crippen LogP contribution in [0.15, 0.2) is 53.5 Å². The minimum Gasteiger partial charge on any atom is -0.293 e. The standard InChI is InChI=1S/C24H25ClF3N3S/c1-23(2)20(30-13-4-3-5-14-30)21(29-18-11-9-17(25)10-12-18)31(22(23)32)19-8-6-7-16(15-19)24(26,27)28/h6-12,15,20H,3-5,13-14H2,1-2H3/t20-/m1/s1. The summed E-state index contributed by atoms with van der Waals surface area (Å²) < 4.78 is 40.4. The Balaban J connectivity index is 1.86. The molecule has 170 valence electrons. The summed E-state index contributed by atoms with van der Waals surface area (Å²) in [7, 11) is 0. The second-order valence-corrected chi connectivity index (χ2v) is 9.68. The lowest BCUT2D eigenvalue weighted by molar-refractivity contribution is -0.137. The molecule has 32 heavy (non-hydrogen) atoms. The zero-order chi connectivity index (χ0) is 23.1. The van der Waals surface area contributed by atoms with Gasteiger partial charge in [0, 0.05) is 16.1 Å². The first-order valence-electron chi connectivity index (χ1n) is 10.7. The number of anilines is 1. The highest BCUT2D eigenvalue weighted by molar-refractivity contribution is 7.80. The lowest BCUT2D eigenvalue weighted by Gasteiger charge is -2.38. The molecule has 0 saturated carbocycles. The number of aliphatic imine (C=N–C) groups is 1. The molecule has 2 aromatic rings.